The number of nitrogen functional groups attached to an aromatic ring is 1. The maximum Gasteiger partial charge on any atom is 0.141 e. The van der Waals surface area contributed by atoms with Crippen molar-refractivity contribution in [1.82, 2.24) is 4.98 Å². The molecule has 0 aromatic carbocycles. The zero-order chi connectivity index (χ0) is 13.0. The van der Waals surface area contributed by atoms with Crippen molar-refractivity contribution in [3.8, 4) is 0 Å². The van der Waals surface area contributed by atoms with E-state index in [0.29, 0.717) is 18.4 Å². The standard InChI is InChI=1S/C14H21N3O/c1-10-3-2-4-12(7-10)18-9-11-5-6-17-13(8-11)14(15)16/h5-6,8,10,12H,2-4,7,9H2,1H3,(H3,15,16). The van der Waals surface area contributed by atoms with Crippen molar-refractivity contribution in [1.29, 1.82) is 5.41 Å². The summed E-state index contributed by atoms with van der Waals surface area (Å²) in [6, 6.07) is 3.74. The Morgan fingerprint density at radius 3 is 3.11 bits per heavy atom. The van der Waals surface area contributed by atoms with Crippen LogP contribution in [0.3, 0.4) is 0 Å². The summed E-state index contributed by atoms with van der Waals surface area (Å²) in [5.41, 5.74) is 6.98. The zero-order valence-electron chi connectivity index (χ0n) is 10.9. The molecule has 3 N–H and O–H groups in total. The first kappa shape index (κ1) is 13.0. The van der Waals surface area contributed by atoms with Gasteiger partial charge in [0.1, 0.15) is 11.5 Å². The number of hydrogen-bond acceptors (Lipinski definition) is 3. The summed E-state index contributed by atoms with van der Waals surface area (Å²) in [7, 11) is 0. The van der Waals surface area contributed by atoms with Crippen LogP contribution < -0.4 is 5.73 Å². The number of hydrogen-bond donors (Lipinski definition) is 2. The first-order valence-electron chi connectivity index (χ1n) is 6.56. The number of nitrogens with two attached hydrogens (primary N) is 1. The van der Waals surface area contributed by atoms with Crippen LogP contribution in [0.15, 0.2) is 18.3 Å². The topological polar surface area (TPSA) is 72.0 Å². The summed E-state index contributed by atoms with van der Waals surface area (Å²) >= 11 is 0. The number of nitrogens with one attached hydrogen (secondary N) is 1. The van der Waals surface area contributed by atoms with E-state index in [2.05, 4.69) is 11.9 Å². The number of aromatic nitrogens is 1. The van der Waals surface area contributed by atoms with Gasteiger partial charge in [-0.05, 0) is 36.5 Å². The maximum absolute atomic E-state index is 7.36. The molecule has 1 aliphatic carbocycles. The Morgan fingerprint density at radius 2 is 2.39 bits per heavy atom. The van der Waals surface area contributed by atoms with Crippen LogP contribution in [0.2, 0.25) is 0 Å². The summed E-state index contributed by atoms with van der Waals surface area (Å²) in [6.07, 6.45) is 6.96. The molecule has 98 valence electrons. The van der Waals surface area contributed by atoms with Gasteiger partial charge in [-0.3, -0.25) is 10.4 Å². The third-order valence-electron chi connectivity index (χ3n) is 3.47. The molecule has 0 radical (unpaired) electrons. The van der Waals surface area contributed by atoms with Gasteiger partial charge in [-0.1, -0.05) is 19.8 Å². The van der Waals surface area contributed by atoms with Crippen LogP contribution in [-0.4, -0.2) is 16.9 Å². The molecule has 0 aliphatic heterocycles. The molecule has 4 nitrogen and oxygen atoms in total. The summed E-state index contributed by atoms with van der Waals surface area (Å²) in [4.78, 5) is 4.04. The van der Waals surface area contributed by atoms with E-state index in [1.807, 2.05) is 12.1 Å². The van der Waals surface area contributed by atoms with Gasteiger partial charge in [-0.2, -0.15) is 0 Å². The molecular formula is C14H21N3O. The molecule has 0 spiro atoms. The SMILES string of the molecule is CC1CCCC(OCc2ccnc(C(=N)N)c2)C1. The molecule has 4 heteroatoms. The molecule has 18 heavy (non-hydrogen) atoms. The van der Waals surface area contributed by atoms with Gasteiger partial charge >= 0.3 is 0 Å². The molecule has 0 amide bonds. The lowest BCUT2D eigenvalue weighted by molar-refractivity contribution is 0.00464. The van der Waals surface area contributed by atoms with Gasteiger partial charge in [0.15, 0.2) is 0 Å². The average molecular weight is 247 g/mol. The predicted octanol–water partition coefficient (Wildman–Crippen LogP) is 2.46. The lowest BCUT2D eigenvalue weighted by atomic mass is 9.89. The van der Waals surface area contributed by atoms with Crippen molar-refractivity contribution >= 4 is 5.84 Å². The fourth-order valence-corrected chi connectivity index (χ4v) is 2.46. The third kappa shape index (κ3) is 3.53. The van der Waals surface area contributed by atoms with Gasteiger partial charge in [-0.25, -0.2) is 0 Å². The number of ether oxygens (including phenoxy) is 1. The average Bonchev–Trinajstić information content (AvgIpc) is 2.37. The second kappa shape index (κ2) is 5.96. The van der Waals surface area contributed by atoms with Gasteiger partial charge < -0.3 is 10.5 Å². The van der Waals surface area contributed by atoms with Crippen LogP contribution in [0, 0.1) is 11.3 Å². The molecule has 2 unspecified atom stereocenters. The minimum absolute atomic E-state index is 0.00291. The first-order chi connectivity index (χ1) is 8.65. The summed E-state index contributed by atoms with van der Waals surface area (Å²) in [5, 5.41) is 7.36. The molecule has 0 saturated heterocycles. The van der Waals surface area contributed by atoms with Crippen LogP contribution in [0.4, 0.5) is 0 Å². The summed E-state index contributed by atoms with van der Waals surface area (Å²) in [6.45, 7) is 2.87. The second-order valence-corrected chi connectivity index (χ2v) is 5.17. The van der Waals surface area contributed by atoms with Crippen molar-refractivity contribution in [3.63, 3.8) is 0 Å². The van der Waals surface area contributed by atoms with E-state index in [1.54, 1.807) is 6.20 Å². The first-order valence-corrected chi connectivity index (χ1v) is 6.56. The Bertz CT molecular complexity index is 419. The normalized spacial score (nSPS) is 23.8. The Morgan fingerprint density at radius 1 is 1.56 bits per heavy atom. The Kier molecular flexibility index (Phi) is 4.31. The lowest BCUT2D eigenvalue weighted by Crippen LogP contribution is -2.21. The van der Waals surface area contributed by atoms with Crippen molar-refractivity contribution in [2.75, 3.05) is 0 Å². The molecule has 1 aliphatic rings. The maximum atomic E-state index is 7.36. The molecule has 1 saturated carbocycles. The molecular weight excluding hydrogens is 226 g/mol. The molecule has 1 fully saturated rings. The third-order valence-corrected chi connectivity index (χ3v) is 3.47. The molecule has 0 bridgehead atoms. The van der Waals surface area contributed by atoms with Crippen molar-refractivity contribution < 1.29 is 4.74 Å². The quantitative estimate of drug-likeness (QED) is 0.634. The van der Waals surface area contributed by atoms with Gasteiger partial charge in [0.05, 0.1) is 12.7 Å². The number of nitrogens with zero attached hydrogens (tertiary/aromatic N) is 1. The molecule has 1 aromatic rings. The molecule has 2 atom stereocenters. The smallest absolute Gasteiger partial charge is 0.141 e. The van der Waals surface area contributed by atoms with Crippen molar-refractivity contribution in [2.45, 2.75) is 45.3 Å². The van der Waals surface area contributed by atoms with E-state index in [4.69, 9.17) is 15.9 Å². The zero-order valence-corrected chi connectivity index (χ0v) is 10.9. The highest BCUT2D eigenvalue weighted by molar-refractivity contribution is 5.93. The number of pyridine rings is 1. The van der Waals surface area contributed by atoms with Crippen LogP contribution in [0.5, 0.6) is 0 Å². The summed E-state index contributed by atoms with van der Waals surface area (Å²) in [5.74, 6) is 0.775. The lowest BCUT2D eigenvalue weighted by Gasteiger charge is -2.26. The van der Waals surface area contributed by atoms with Gasteiger partial charge in [0, 0.05) is 6.20 Å². The monoisotopic (exact) mass is 247 g/mol. The van der Waals surface area contributed by atoms with Gasteiger partial charge in [-0.15, -0.1) is 0 Å². The van der Waals surface area contributed by atoms with Crippen LogP contribution >= 0.6 is 0 Å². The minimum atomic E-state index is 0.00291. The fourth-order valence-electron chi connectivity index (χ4n) is 2.46. The van der Waals surface area contributed by atoms with Crippen molar-refractivity contribution in [3.05, 3.63) is 29.6 Å². The van der Waals surface area contributed by atoms with E-state index in [-0.39, 0.29) is 5.84 Å². The molecule has 1 aromatic heterocycles. The summed E-state index contributed by atoms with van der Waals surface area (Å²) < 4.78 is 5.94. The van der Waals surface area contributed by atoms with E-state index in [0.717, 1.165) is 24.3 Å². The Balaban J connectivity index is 1.89. The van der Waals surface area contributed by atoms with Crippen LogP contribution in [0.1, 0.15) is 43.9 Å². The second-order valence-electron chi connectivity index (χ2n) is 5.17. The van der Waals surface area contributed by atoms with E-state index in [9.17, 15) is 0 Å². The molecule has 2 rings (SSSR count). The predicted molar refractivity (Wildman–Crippen MR) is 71.5 cm³/mol. The highest BCUT2D eigenvalue weighted by atomic mass is 16.5. The van der Waals surface area contributed by atoms with Crippen molar-refractivity contribution in [2.24, 2.45) is 11.7 Å². The number of amidine groups is 1. The highest BCUT2D eigenvalue weighted by Crippen LogP contribution is 2.26. The van der Waals surface area contributed by atoms with Gasteiger partial charge in [0.25, 0.3) is 0 Å². The van der Waals surface area contributed by atoms with E-state index >= 15 is 0 Å². The Labute approximate surface area is 108 Å². The fraction of sp³-hybridized carbons (Fsp3) is 0.571. The number of rotatable bonds is 4. The van der Waals surface area contributed by atoms with E-state index in [1.165, 1.54) is 12.8 Å². The molecule has 1 heterocycles. The van der Waals surface area contributed by atoms with Gasteiger partial charge in [0.2, 0.25) is 0 Å². The van der Waals surface area contributed by atoms with Crippen LogP contribution in [0.25, 0.3) is 0 Å². The highest BCUT2D eigenvalue weighted by Gasteiger charge is 2.19. The Hall–Kier alpha value is -1.42. The minimum Gasteiger partial charge on any atom is -0.382 e. The largest absolute Gasteiger partial charge is 0.382 e. The van der Waals surface area contributed by atoms with Crippen LogP contribution in [-0.2, 0) is 11.3 Å². The van der Waals surface area contributed by atoms with E-state index < -0.39 is 0 Å².